The molecule has 9 aromatic rings. The van der Waals surface area contributed by atoms with E-state index < -0.39 is 0 Å². The molecule has 5 aromatic carbocycles. The molecule has 4 heterocycles. The lowest BCUT2D eigenvalue weighted by Gasteiger charge is -2.08. The molecule has 5 heteroatoms. The van der Waals surface area contributed by atoms with Gasteiger partial charge in [-0.15, -0.1) is 0 Å². The molecule has 0 aliphatic rings. The fourth-order valence-electron chi connectivity index (χ4n) is 6.69. The zero-order valence-corrected chi connectivity index (χ0v) is 23.8. The Morgan fingerprint density at radius 3 is 2.20 bits per heavy atom. The van der Waals surface area contributed by atoms with Crippen molar-refractivity contribution in [3.63, 3.8) is 0 Å². The highest BCUT2D eigenvalue weighted by Crippen LogP contribution is 2.38. The molecule has 0 saturated heterocycles. The molecule has 44 heavy (non-hydrogen) atoms. The molecule has 0 atom stereocenters. The first-order valence-corrected chi connectivity index (χ1v) is 14.6. The van der Waals surface area contributed by atoms with Gasteiger partial charge in [0.05, 0.1) is 22.1 Å². The van der Waals surface area contributed by atoms with Gasteiger partial charge in [0, 0.05) is 27.5 Å². The Labute approximate surface area is 252 Å². The Balaban J connectivity index is 1.28. The highest BCUT2D eigenvalue weighted by atomic mass is 16.3. The van der Waals surface area contributed by atoms with E-state index in [1.165, 1.54) is 10.8 Å². The largest absolute Gasteiger partial charge is 0.437 e. The van der Waals surface area contributed by atoms with Crippen LogP contribution >= 0.6 is 0 Å². The van der Waals surface area contributed by atoms with Crippen molar-refractivity contribution < 1.29 is 4.42 Å². The molecule has 0 unspecified atom stereocenters. The van der Waals surface area contributed by atoms with Crippen molar-refractivity contribution in [2.45, 2.75) is 0 Å². The summed E-state index contributed by atoms with van der Waals surface area (Å²) in [5.41, 5.74) is 11.1. The second-order valence-corrected chi connectivity index (χ2v) is 11.0. The van der Waals surface area contributed by atoms with Crippen molar-refractivity contribution in [1.29, 1.82) is 0 Å². The molecule has 4 aromatic heterocycles. The lowest BCUT2D eigenvalue weighted by atomic mass is 10.0. The summed E-state index contributed by atoms with van der Waals surface area (Å²) in [5, 5.41) is 3.44. The molecule has 0 bridgehead atoms. The number of nitrogens with zero attached hydrogens (tertiary/aromatic N) is 4. The summed E-state index contributed by atoms with van der Waals surface area (Å²) in [6.07, 6.45) is 5.67. The van der Waals surface area contributed by atoms with Crippen LogP contribution in [0.1, 0.15) is 0 Å². The summed E-state index contributed by atoms with van der Waals surface area (Å²) in [6.45, 7) is 7.97. The van der Waals surface area contributed by atoms with Crippen LogP contribution in [0.25, 0.3) is 83.3 Å². The van der Waals surface area contributed by atoms with Crippen LogP contribution in [0.5, 0.6) is 0 Å². The lowest BCUT2D eigenvalue weighted by molar-refractivity contribution is 0.651. The van der Waals surface area contributed by atoms with E-state index in [2.05, 4.69) is 124 Å². The number of allylic oxidation sites excluding steroid dienone is 4. The van der Waals surface area contributed by atoms with Gasteiger partial charge in [0.2, 0.25) is 11.5 Å². The van der Waals surface area contributed by atoms with Gasteiger partial charge in [-0.25, -0.2) is 9.38 Å². The predicted octanol–water partition coefficient (Wildman–Crippen LogP) is 10.2. The van der Waals surface area contributed by atoms with Gasteiger partial charge in [0.25, 0.3) is 0 Å². The van der Waals surface area contributed by atoms with Crippen LogP contribution in [0.3, 0.4) is 0 Å². The molecule has 0 saturated carbocycles. The molecule has 5 nitrogen and oxygen atoms in total. The van der Waals surface area contributed by atoms with Crippen LogP contribution < -0.4 is 0 Å². The average Bonchev–Trinajstić information content (AvgIpc) is 3.80. The molecule has 0 amide bonds. The Morgan fingerprint density at radius 2 is 1.39 bits per heavy atom. The van der Waals surface area contributed by atoms with Crippen molar-refractivity contribution in [2.24, 2.45) is 0 Å². The lowest BCUT2D eigenvalue weighted by Crippen LogP contribution is -1.94. The molecular formula is C39H26N4O. The smallest absolute Gasteiger partial charge is 0.232 e. The molecular weight excluding hydrogens is 540 g/mol. The average molecular weight is 567 g/mol. The third kappa shape index (κ3) is 3.32. The standard InChI is InChI=1S/C39H26N4O/c1-3-12-27(4-2)41-33-17-10-8-15-29(33)31-23-25(19-21-34(31)41)26-20-22-35-32(24-26)40-39-42(28-13-6-5-7-14-28)37-30-16-9-11-18-36(30)44-38(37)43(35)39/h3-24H,1-2H2/b27-12+. The molecule has 0 radical (unpaired) electrons. The van der Waals surface area contributed by atoms with E-state index in [-0.39, 0.29) is 0 Å². The fraction of sp³-hybridized carbons (Fsp3) is 0. The van der Waals surface area contributed by atoms with Crippen molar-refractivity contribution in [3.05, 3.63) is 147 Å². The molecule has 0 fully saturated rings. The number of benzene rings is 5. The molecule has 0 spiro atoms. The number of rotatable bonds is 5. The van der Waals surface area contributed by atoms with Crippen LogP contribution in [0.15, 0.2) is 151 Å². The maximum Gasteiger partial charge on any atom is 0.232 e. The SMILES string of the molecule is C=C/C=C(\C=C)n1c2ccccc2c2cc(-c3ccc4c(c3)nc3n(-c5ccccc5)c5c6ccccc6oc5n43)ccc21. The summed E-state index contributed by atoms with van der Waals surface area (Å²) in [7, 11) is 0. The van der Waals surface area contributed by atoms with Crippen LogP contribution in [-0.2, 0) is 0 Å². The molecule has 9 rings (SSSR count). The van der Waals surface area contributed by atoms with E-state index in [0.717, 1.165) is 72.6 Å². The number of aromatic nitrogens is 4. The van der Waals surface area contributed by atoms with Gasteiger partial charge in [-0.05, 0) is 77.9 Å². The summed E-state index contributed by atoms with van der Waals surface area (Å²) in [4.78, 5) is 5.20. The minimum absolute atomic E-state index is 0.792. The van der Waals surface area contributed by atoms with Crippen molar-refractivity contribution in [3.8, 4) is 16.8 Å². The maximum atomic E-state index is 6.47. The highest BCUT2D eigenvalue weighted by Gasteiger charge is 2.23. The van der Waals surface area contributed by atoms with Gasteiger partial charge in [-0.3, -0.25) is 4.57 Å². The summed E-state index contributed by atoms with van der Waals surface area (Å²) in [6, 6.07) is 40.2. The number of fused-ring (bicyclic) bond motifs is 10. The minimum Gasteiger partial charge on any atom is -0.437 e. The van der Waals surface area contributed by atoms with Crippen LogP contribution in [-0.4, -0.2) is 18.5 Å². The van der Waals surface area contributed by atoms with Gasteiger partial charge in [-0.2, -0.15) is 0 Å². The maximum absolute atomic E-state index is 6.47. The van der Waals surface area contributed by atoms with Gasteiger partial charge in [0.15, 0.2) is 0 Å². The highest BCUT2D eigenvalue weighted by molar-refractivity contribution is 6.12. The van der Waals surface area contributed by atoms with E-state index in [9.17, 15) is 0 Å². The Hall–Kier alpha value is -6.07. The fourth-order valence-corrected chi connectivity index (χ4v) is 6.69. The summed E-state index contributed by atoms with van der Waals surface area (Å²) < 4.78 is 13.1. The Kier molecular flexibility index (Phi) is 5.14. The first-order chi connectivity index (χ1) is 21.7. The van der Waals surface area contributed by atoms with Gasteiger partial charge >= 0.3 is 0 Å². The number of para-hydroxylation sites is 3. The third-order valence-electron chi connectivity index (χ3n) is 8.59. The molecule has 0 N–H and O–H groups in total. The second kappa shape index (κ2) is 9.21. The van der Waals surface area contributed by atoms with Crippen molar-refractivity contribution >= 4 is 66.5 Å². The topological polar surface area (TPSA) is 40.3 Å². The van der Waals surface area contributed by atoms with Crippen LogP contribution in [0, 0.1) is 0 Å². The monoisotopic (exact) mass is 566 g/mol. The number of imidazole rings is 2. The normalized spacial score (nSPS) is 12.4. The van der Waals surface area contributed by atoms with Crippen LogP contribution in [0.4, 0.5) is 0 Å². The zero-order chi connectivity index (χ0) is 29.4. The van der Waals surface area contributed by atoms with E-state index in [1.54, 1.807) is 6.08 Å². The van der Waals surface area contributed by atoms with Crippen LogP contribution in [0.2, 0.25) is 0 Å². The minimum atomic E-state index is 0.792. The Morgan fingerprint density at radius 1 is 0.682 bits per heavy atom. The van der Waals surface area contributed by atoms with Crippen molar-refractivity contribution in [1.82, 2.24) is 18.5 Å². The summed E-state index contributed by atoms with van der Waals surface area (Å²) in [5.74, 6) is 0.826. The second-order valence-electron chi connectivity index (χ2n) is 11.0. The van der Waals surface area contributed by atoms with Gasteiger partial charge in [0.1, 0.15) is 11.1 Å². The first-order valence-electron chi connectivity index (χ1n) is 14.6. The molecule has 0 aliphatic heterocycles. The number of hydrogen-bond donors (Lipinski definition) is 0. The third-order valence-corrected chi connectivity index (χ3v) is 8.59. The van der Waals surface area contributed by atoms with E-state index >= 15 is 0 Å². The van der Waals surface area contributed by atoms with E-state index in [0.29, 0.717) is 0 Å². The van der Waals surface area contributed by atoms with Gasteiger partial charge in [-0.1, -0.05) is 79.9 Å². The number of hydrogen-bond acceptors (Lipinski definition) is 2. The molecule has 208 valence electrons. The molecule has 0 aliphatic carbocycles. The van der Waals surface area contributed by atoms with E-state index in [4.69, 9.17) is 9.40 Å². The van der Waals surface area contributed by atoms with Crippen molar-refractivity contribution in [2.75, 3.05) is 0 Å². The number of furan rings is 1. The summed E-state index contributed by atoms with van der Waals surface area (Å²) >= 11 is 0. The van der Waals surface area contributed by atoms with E-state index in [1.807, 2.05) is 30.4 Å². The predicted molar refractivity (Wildman–Crippen MR) is 182 cm³/mol. The van der Waals surface area contributed by atoms with Gasteiger partial charge < -0.3 is 8.98 Å². The quantitative estimate of drug-likeness (QED) is 0.195. The Bertz CT molecular complexity index is 2640. The first kappa shape index (κ1) is 24.5. The zero-order valence-electron chi connectivity index (χ0n) is 23.8.